The third kappa shape index (κ3) is 2.61. The molecule has 0 atom stereocenters. The second-order valence-corrected chi connectivity index (χ2v) is 6.05. The lowest BCUT2D eigenvalue weighted by Crippen LogP contribution is -2.00. The van der Waals surface area contributed by atoms with Crippen molar-refractivity contribution in [3.05, 3.63) is 30.3 Å². The van der Waals surface area contributed by atoms with Crippen molar-refractivity contribution in [3.63, 3.8) is 0 Å². The van der Waals surface area contributed by atoms with Crippen LogP contribution in [0.4, 0.5) is 11.8 Å². The number of anilines is 2. The molecule has 0 saturated carbocycles. The van der Waals surface area contributed by atoms with Gasteiger partial charge in [0.1, 0.15) is 10.8 Å². The van der Waals surface area contributed by atoms with E-state index in [1.54, 1.807) is 18.4 Å². The first-order valence-corrected chi connectivity index (χ1v) is 7.23. The zero-order chi connectivity index (χ0) is 13.2. The van der Waals surface area contributed by atoms with Gasteiger partial charge in [-0.3, -0.25) is 0 Å². The highest BCUT2D eigenvalue weighted by molar-refractivity contribution is 8.01. The van der Waals surface area contributed by atoms with Crippen LogP contribution in [0.3, 0.4) is 0 Å². The molecule has 0 radical (unpaired) electrons. The highest BCUT2D eigenvalue weighted by Gasteiger charge is 2.08. The zero-order valence-electron chi connectivity index (χ0n) is 10.1. The lowest BCUT2D eigenvalue weighted by atomic mass is 10.3. The van der Waals surface area contributed by atoms with Crippen LogP contribution in [0.15, 0.2) is 39.7 Å². The van der Waals surface area contributed by atoms with Gasteiger partial charge >= 0.3 is 0 Å². The van der Waals surface area contributed by atoms with Crippen LogP contribution in [-0.2, 0) is 0 Å². The number of aromatic nitrogens is 3. The maximum Gasteiger partial charge on any atom is 0.223 e. The van der Waals surface area contributed by atoms with E-state index in [1.165, 1.54) is 16.5 Å². The predicted octanol–water partition coefficient (Wildman–Crippen LogP) is 2.86. The smallest absolute Gasteiger partial charge is 0.223 e. The van der Waals surface area contributed by atoms with Crippen LogP contribution in [0.2, 0.25) is 0 Å². The van der Waals surface area contributed by atoms with E-state index >= 15 is 0 Å². The molecule has 2 aromatic heterocycles. The van der Waals surface area contributed by atoms with Crippen LogP contribution in [0, 0.1) is 0 Å². The van der Waals surface area contributed by atoms with Crippen molar-refractivity contribution in [1.29, 1.82) is 0 Å². The van der Waals surface area contributed by atoms with E-state index in [0.717, 1.165) is 14.9 Å². The number of thiazole rings is 1. The fraction of sp³-hybridized carbons (Fsp3) is 0.0833. The van der Waals surface area contributed by atoms with Crippen molar-refractivity contribution in [1.82, 2.24) is 15.0 Å². The Bertz CT molecular complexity index is 692. The van der Waals surface area contributed by atoms with Crippen LogP contribution in [0.25, 0.3) is 10.2 Å². The molecule has 0 bridgehead atoms. The highest BCUT2D eigenvalue weighted by Crippen LogP contribution is 2.34. The van der Waals surface area contributed by atoms with Gasteiger partial charge < -0.3 is 11.1 Å². The molecule has 19 heavy (non-hydrogen) atoms. The fourth-order valence-electron chi connectivity index (χ4n) is 1.61. The lowest BCUT2D eigenvalue weighted by Gasteiger charge is -2.02. The molecule has 0 aliphatic rings. The molecule has 96 valence electrons. The average Bonchev–Trinajstić information content (AvgIpc) is 2.80. The summed E-state index contributed by atoms with van der Waals surface area (Å²) in [7, 11) is 1.80. The molecule has 0 unspecified atom stereocenters. The Kier molecular flexibility index (Phi) is 3.22. The Morgan fingerprint density at radius 2 is 2.05 bits per heavy atom. The molecule has 0 saturated heterocycles. The Balaban J connectivity index is 1.94. The number of nitrogens with one attached hydrogen (secondary N) is 1. The van der Waals surface area contributed by atoms with Crippen molar-refractivity contribution >= 4 is 45.1 Å². The summed E-state index contributed by atoms with van der Waals surface area (Å²) >= 11 is 3.13. The number of nitrogens with two attached hydrogens (primary N) is 1. The third-order valence-corrected chi connectivity index (χ3v) is 4.46. The SMILES string of the molecule is CNc1cc(Sc2nc3ccccc3s2)nc(N)n1. The molecular formula is C12H11N5S2. The van der Waals surface area contributed by atoms with Crippen LogP contribution >= 0.6 is 23.1 Å². The zero-order valence-corrected chi connectivity index (χ0v) is 11.8. The Morgan fingerprint density at radius 1 is 1.21 bits per heavy atom. The maximum atomic E-state index is 5.67. The Hall–Kier alpha value is -1.86. The number of fused-ring (bicyclic) bond motifs is 1. The summed E-state index contributed by atoms with van der Waals surface area (Å²) in [6.45, 7) is 0. The first kappa shape index (κ1) is 12.2. The normalized spacial score (nSPS) is 10.8. The largest absolute Gasteiger partial charge is 0.373 e. The summed E-state index contributed by atoms with van der Waals surface area (Å²) in [4.78, 5) is 12.8. The van der Waals surface area contributed by atoms with E-state index in [-0.39, 0.29) is 5.95 Å². The van der Waals surface area contributed by atoms with E-state index in [1.807, 2.05) is 24.3 Å². The summed E-state index contributed by atoms with van der Waals surface area (Å²) in [5.41, 5.74) is 6.68. The van der Waals surface area contributed by atoms with E-state index in [2.05, 4.69) is 26.3 Å². The van der Waals surface area contributed by atoms with E-state index in [4.69, 9.17) is 5.73 Å². The molecular weight excluding hydrogens is 278 g/mol. The summed E-state index contributed by atoms with van der Waals surface area (Å²) in [5.74, 6) is 0.964. The van der Waals surface area contributed by atoms with Gasteiger partial charge in [0, 0.05) is 13.1 Å². The molecule has 5 nitrogen and oxygen atoms in total. The van der Waals surface area contributed by atoms with Crippen LogP contribution in [-0.4, -0.2) is 22.0 Å². The van der Waals surface area contributed by atoms with Gasteiger partial charge in [0.05, 0.1) is 10.2 Å². The molecule has 3 N–H and O–H groups in total. The molecule has 0 spiro atoms. The maximum absolute atomic E-state index is 5.67. The standard InChI is InChI=1S/C12H11N5S2/c1-14-9-6-10(17-11(13)16-9)19-12-15-7-4-2-3-5-8(7)18-12/h2-6H,1H3,(H3,13,14,16,17). The van der Waals surface area contributed by atoms with Crippen molar-refractivity contribution in [3.8, 4) is 0 Å². The van der Waals surface area contributed by atoms with Gasteiger partial charge in [-0.2, -0.15) is 4.98 Å². The minimum atomic E-state index is 0.260. The van der Waals surface area contributed by atoms with Crippen molar-refractivity contribution in [2.45, 2.75) is 9.37 Å². The molecule has 3 aromatic rings. The Morgan fingerprint density at radius 3 is 2.84 bits per heavy atom. The average molecular weight is 289 g/mol. The van der Waals surface area contributed by atoms with Gasteiger partial charge in [0.15, 0.2) is 4.34 Å². The second-order valence-electron chi connectivity index (χ2n) is 3.75. The van der Waals surface area contributed by atoms with Gasteiger partial charge in [-0.15, -0.1) is 11.3 Å². The minimum absolute atomic E-state index is 0.260. The predicted molar refractivity (Wildman–Crippen MR) is 79.7 cm³/mol. The second kappa shape index (κ2) is 5.02. The molecule has 0 aliphatic heterocycles. The van der Waals surface area contributed by atoms with Crippen LogP contribution in [0.5, 0.6) is 0 Å². The Labute approximate surface area is 118 Å². The number of hydrogen-bond acceptors (Lipinski definition) is 7. The molecule has 1 aromatic carbocycles. The summed E-state index contributed by atoms with van der Waals surface area (Å²) in [5, 5.41) is 3.75. The molecule has 3 rings (SSSR count). The van der Waals surface area contributed by atoms with Gasteiger partial charge in [0.25, 0.3) is 0 Å². The van der Waals surface area contributed by atoms with Gasteiger partial charge in [0.2, 0.25) is 5.95 Å². The van der Waals surface area contributed by atoms with Gasteiger partial charge in [-0.25, -0.2) is 9.97 Å². The number of hydrogen-bond donors (Lipinski definition) is 2. The number of benzene rings is 1. The van der Waals surface area contributed by atoms with E-state index < -0.39 is 0 Å². The van der Waals surface area contributed by atoms with Gasteiger partial charge in [-0.05, 0) is 23.9 Å². The number of nitrogen functional groups attached to an aromatic ring is 1. The van der Waals surface area contributed by atoms with Crippen molar-refractivity contribution in [2.75, 3.05) is 18.1 Å². The monoisotopic (exact) mass is 289 g/mol. The molecule has 0 fully saturated rings. The van der Waals surface area contributed by atoms with Gasteiger partial charge in [-0.1, -0.05) is 12.1 Å². The first-order valence-electron chi connectivity index (χ1n) is 5.60. The summed E-state index contributed by atoms with van der Waals surface area (Å²) in [6.07, 6.45) is 0. The first-order chi connectivity index (χ1) is 9.24. The van der Waals surface area contributed by atoms with Crippen LogP contribution in [0.1, 0.15) is 0 Å². The lowest BCUT2D eigenvalue weighted by molar-refractivity contribution is 1.06. The molecule has 0 amide bonds. The summed E-state index contributed by atoms with van der Waals surface area (Å²) < 4.78 is 2.11. The van der Waals surface area contributed by atoms with E-state index in [9.17, 15) is 0 Å². The minimum Gasteiger partial charge on any atom is -0.373 e. The van der Waals surface area contributed by atoms with Crippen LogP contribution < -0.4 is 11.1 Å². The highest BCUT2D eigenvalue weighted by atomic mass is 32.2. The molecule has 0 aliphatic carbocycles. The fourth-order valence-corrected chi connectivity index (χ4v) is 3.63. The number of rotatable bonds is 3. The molecule has 2 heterocycles. The van der Waals surface area contributed by atoms with Crippen molar-refractivity contribution < 1.29 is 0 Å². The van der Waals surface area contributed by atoms with Crippen molar-refractivity contribution in [2.24, 2.45) is 0 Å². The summed E-state index contributed by atoms with van der Waals surface area (Å²) in [6, 6.07) is 9.91. The third-order valence-electron chi connectivity index (χ3n) is 2.44. The quantitative estimate of drug-likeness (QED) is 0.722. The van der Waals surface area contributed by atoms with E-state index in [0.29, 0.717) is 5.82 Å². The molecule has 7 heteroatoms. The number of nitrogens with zero attached hydrogens (tertiary/aromatic N) is 3. The number of para-hydroxylation sites is 1. The topological polar surface area (TPSA) is 76.7 Å².